The van der Waals surface area contributed by atoms with Gasteiger partial charge in [-0.1, -0.05) is 0 Å². The molecule has 2 aromatic rings. The molecule has 0 unspecified atom stereocenters. The fourth-order valence-corrected chi connectivity index (χ4v) is 1.84. The lowest BCUT2D eigenvalue weighted by atomic mass is 10.1. The van der Waals surface area contributed by atoms with Crippen LogP contribution in [0.1, 0.15) is 23.0 Å². The van der Waals surface area contributed by atoms with Crippen LogP contribution in [0, 0.1) is 11.3 Å². The van der Waals surface area contributed by atoms with Crippen molar-refractivity contribution in [2.45, 2.75) is 6.92 Å². The molecule has 0 aliphatic carbocycles. The van der Waals surface area contributed by atoms with Crippen molar-refractivity contribution in [1.29, 1.82) is 5.26 Å². The van der Waals surface area contributed by atoms with Crippen molar-refractivity contribution in [2.75, 3.05) is 12.3 Å². The van der Waals surface area contributed by atoms with E-state index in [-0.39, 0.29) is 5.91 Å². The number of nitrogens with one attached hydrogen (secondary N) is 1. The third-order valence-electron chi connectivity index (χ3n) is 2.75. The van der Waals surface area contributed by atoms with Crippen molar-refractivity contribution >= 4 is 11.6 Å². The van der Waals surface area contributed by atoms with Crippen LogP contribution in [0.15, 0.2) is 36.5 Å². The Kier molecular flexibility index (Phi) is 3.53. The number of carbonyl (C=O) groups is 1. The van der Waals surface area contributed by atoms with Gasteiger partial charge < -0.3 is 15.6 Å². The second-order valence-corrected chi connectivity index (χ2v) is 4.01. The first kappa shape index (κ1) is 12.7. The molecule has 5 nitrogen and oxygen atoms in total. The number of aromatic nitrogens is 1. The smallest absolute Gasteiger partial charge is 0.251 e. The van der Waals surface area contributed by atoms with Crippen LogP contribution in [-0.2, 0) is 0 Å². The molecule has 3 N–H and O–H groups in total. The van der Waals surface area contributed by atoms with E-state index in [9.17, 15) is 4.79 Å². The van der Waals surface area contributed by atoms with Crippen molar-refractivity contribution in [2.24, 2.45) is 0 Å². The predicted octanol–water partition coefficient (Wildman–Crippen LogP) is 1.68. The second-order valence-electron chi connectivity index (χ2n) is 4.01. The van der Waals surface area contributed by atoms with E-state index in [2.05, 4.69) is 11.4 Å². The summed E-state index contributed by atoms with van der Waals surface area (Å²) in [7, 11) is 0. The highest BCUT2D eigenvalue weighted by atomic mass is 16.1. The summed E-state index contributed by atoms with van der Waals surface area (Å²) in [5, 5.41) is 11.8. The van der Waals surface area contributed by atoms with Crippen molar-refractivity contribution in [1.82, 2.24) is 9.88 Å². The zero-order valence-electron chi connectivity index (χ0n) is 10.6. The third-order valence-corrected chi connectivity index (χ3v) is 2.75. The number of carbonyl (C=O) groups excluding carboxylic acids is 1. The summed E-state index contributed by atoms with van der Waals surface area (Å²) in [5.74, 6) is -0.158. The molecule has 5 heteroatoms. The molecule has 1 aromatic carbocycles. The molecule has 1 heterocycles. The van der Waals surface area contributed by atoms with Crippen molar-refractivity contribution in [3.8, 4) is 11.8 Å². The quantitative estimate of drug-likeness (QED) is 0.817. The van der Waals surface area contributed by atoms with Crippen LogP contribution in [0.4, 0.5) is 5.69 Å². The van der Waals surface area contributed by atoms with Crippen molar-refractivity contribution in [3.05, 3.63) is 47.8 Å². The van der Waals surface area contributed by atoms with E-state index in [1.54, 1.807) is 41.1 Å². The molecule has 0 atom stereocenters. The maximum absolute atomic E-state index is 11.8. The van der Waals surface area contributed by atoms with Gasteiger partial charge in [0.15, 0.2) is 0 Å². The Balaban J connectivity index is 2.49. The van der Waals surface area contributed by atoms with Crippen molar-refractivity contribution in [3.63, 3.8) is 0 Å². The summed E-state index contributed by atoms with van der Waals surface area (Å²) in [5.41, 5.74) is 8.05. The summed E-state index contributed by atoms with van der Waals surface area (Å²) in [4.78, 5) is 11.8. The number of nitriles is 1. The zero-order chi connectivity index (χ0) is 13.8. The van der Waals surface area contributed by atoms with Crippen LogP contribution in [0.3, 0.4) is 0 Å². The van der Waals surface area contributed by atoms with Gasteiger partial charge in [0.25, 0.3) is 5.91 Å². The fraction of sp³-hybridized carbons (Fsp3) is 0.143. The molecule has 96 valence electrons. The summed E-state index contributed by atoms with van der Waals surface area (Å²) in [6.45, 7) is 2.42. The van der Waals surface area contributed by atoms with Crippen LogP contribution in [0.2, 0.25) is 0 Å². The monoisotopic (exact) mass is 254 g/mol. The number of rotatable bonds is 3. The van der Waals surface area contributed by atoms with Crippen LogP contribution in [0.5, 0.6) is 0 Å². The topological polar surface area (TPSA) is 83.8 Å². The SMILES string of the molecule is CCNC(=O)c1ccc(N)c(-n2cccc2C#N)c1. The van der Waals surface area contributed by atoms with E-state index in [1.807, 2.05) is 6.92 Å². The number of benzene rings is 1. The van der Waals surface area contributed by atoms with E-state index >= 15 is 0 Å². The molecule has 19 heavy (non-hydrogen) atoms. The highest BCUT2D eigenvalue weighted by Gasteiger charge is 2.10. The Hall–Kier alpha value is -2.74. The molecule has 0 radical (unpaired) electrons. The lowest BCUT2D eigenvalue weighted by Crippen LogP contribution is -2.22. The molecule has 0 fully saturated rings. The summed E-state index contributed by atoms with van der Waals surface area (Å²) in [6, 6.07) is 10.6. The van der Waals surface area contributed by atoms with Gasteiger partial charge in [0, 0.05) is 18.3 Å². The Bertz CT molecular complexity index is 652. The minimum absolute atomic E-state index is 0.158. The number of nitrogens with two attached hydrogens (primary N) is 1. The molecule has 0 bridgehead atoms. The fourth-order valence-electron chi connectivity index (χ4n) is 1.84. The summed E-state index contributed by atoms with van der Waals surface area (Å²) in [6.07, 6.45) is 1.74. The largest absolute Gasteiger partial charge is 0.397 e. The average molecular weight is 254 g/mol. The maximum Gasteiger partial charge on any atom is 0.251 e. The summed E-state index contributed by atoms with van der Waals surface area (Å²) >= 11 is 0. The molecule has 2 rings (SSSR count). The number of nitrogen functional groups attached to an aromatic ring is 1. The van der Waals surface area contributed by atoms with E-state index < -0.39 is 0 Å². The molecule has 0 spiro atoms. The van der Waals surface area contributed by atoms with Crippen molar-refractivity contribution < 1.29 is 4.79 Å². The minimum Gasteiger partial charge on any atom is -0.397 e. The van der Waals surface area contributed by atoms with Gasteiger partial charge in [0.05, 0.1) is 11.4 Å². The van der Waals surface area contributed by atoms with Gasteiger partial charge in [-0.15, -0.1) is 0 Å². The number of hydrogen-bond acceptors (Lipinski definition) is 3. The molecule has 0 saturated heterocycles. The van der Waals surface area contributed by atoms with Gasteiger partial charge in [0.1, 0.15) is 11.8 Å². The highest BCUT2D eigenvalue weighted by molar-refractivity contribution is 5.95. The second kappa shape index (κ2) is 5.27. The lowest BCUT2D eigenvalue weighted by Gasteiger charge is -2.10. The van der Waals surface area contributed by atoms with Gasteiger partial charge in [-0.05, 0) is 37.3 Å². The first-order valence-corrected chi connectivity index (χ1v) is 5.93. The Morgan fingerprint density at radius 2 is 2.26 bits per heavy atom. The van der Waals surface area contributed by atoms with Gasteiger partial charge in [-0.25, -0.2) is 0 Å². The Morgan fingerprint density at radius 3 is 2.95 bits per heavy atom. The van der Waals surface area contributed by atoms with Crippen LogP contribution in [-0.4, -0.2) is 17.0 Å². The van der Waals surface area contributed by atoms with Crippen LogP contribution >= 0.6 is 0 Å². The first-order valence-electron chi connectivity index (χ1n) is 5.93. The maximum atomic E-state index is 11.8. The Morgan fingerprint density at radius 1 is 1.47 bits per heavy atom. The molecular weight excluding hydrogens is 240 g/mol. The van der Waals surface area contributed by atoms with Crippen LogP contribution < -0.4 is 11.1 Å². The Labute approximate surface area is 111 Å². The van der Waals surface area contributed by atoms with E-state index in [0.717, 1.165) is 0 Å². The molecule has 0 aliphatic heterocycles. The van der Waals surface area contributed by atoms with Gasteiger partial charge >= 0.3 is 0 Å². The van der Waals surface area contributed by atoms with Gasteiger partial charge in [0.2, 0.25) is 0 Å². The normalized spacial score (nSPS) is 9.89. The molecule has 1 aromatic heterocycles. The highest BCUT2D eigenvalue weighted by Crippen LogP contribution is 2.21. The molecular formula is C14H14N4O. The van der Waals surface area contributed by atoms with E-state index in [0.29, 0.717) is 29.2 Å². The van der Waals surface area contributed by atoms with E-state index in [4.69, 9.17) is 11.0 Å². The molecule has 0 aliphatic rings. The lowest BCUT2D eigenvalue weighted by molar-refractivity contribution is 0.0956. The predicted molar refractivity (Wildman–Crippen MR) is 72.9 cm³/mol. The third kappa shape index (κ3) is 2.43. The minimum atomic E-state index is -0.158. The average Bonchev–Trinajstić information content (AvgIpc) is 2.87. The number of nitrogens with zero attached hydrogens (tertiary/aromatic N) is 2. The van der Waals surface area contributed by atoms with Crippen LogP contribution in [0.25, 0.3) is 5.69 Å². The van der Waals surface area contributed by atoms with Gasteiger partial charge in [-0.3, -0.25) is 4.79 Å². The number of amides is 1. The van der Waals surface area contributed by atoms with Gasteiger partial charge in [-0.2, -0.15) is 5.26 Å². The molecule has 0 saturated carbocycles. The first-order chi connectivity index (χ1) is 9.17. The van der Waals surface area contributed by atoms with E-state index in [1.165, 1.54) is 0 Å². The standard InChI is InChI=1S/C14H14N4O/c1-2-17-14(19)10-5-6-12(16)13(8-10)18-7-3-4-11(18)9-15/h3-8H,2,16H2,1H3,(H,17,19). The molecule has 1 amide bonds. The zero-order valence-corrected chi connectivity index (χ0v) is 10.6. The summed E-state index contributed by atoms with van der Waals surface area (Å²) < 4.78 is 1.66. The number of hydrogen-bond donors (Lipinski definition) is 2. The number of anilines is 1.